The van der Waals surface area contributed by atoms with Gasteiger partial charge in [-0.15, -0.1) is 0 Å². The van der Waals surface area contributed by atoms with Crippen LogP contribution in [0, 0.1) is 11.3 Å². The predicted octanol–water partition coefficient (Wildman–Crippen LogP) is 2.49. The molecule has 1 aromatic carbocycles. The third-order valence-electron chi connectivity index (χ3n) is 2.73. The molecule has 0 N–H and O–H groups in total. The van der Waals surface area contributed by atoms with Gasteiger partial charge in [-0.1, -0.05) is 12.1 Å². The number of carbonyl (C=O) groups excluding carboxylic acids is 1. The Bertz CT molecular complexity index is 403. The molecule has 0 aliphatic heterocycles. The second-order valence-electron chi connectivity index (χ2n) is 3.71. The Labute approximate surface area is 96.3 Å². The summed E-state index contributed by atoms with van der Waals surface area (Å²) in [6.45, 7) is 6.22. The Morgan fingerprint density at radius 2 is 2.00 bits per heavy atom. The van der Waals surface area contributed by atoms with Gasteiger partial charge in [-0.3, -0.25) is 4.79 Å². The molecule has 1 atom stereocenters. The number of nitriles is 1. The first-order valence-electron chi connectivity index (χ1n) is 5.37. The molecule has 0 bridgehead atoms. The largest absolute Gasteiger partial charge is 0.336 e. The van der Waals surface area contributed by atoms with Gasteiger partial charge in [0, 0.05) is 13.5 Å². The molecule has 84 valence electrons. The van der Waals surface area contributed by atoms with E-state index in [-0.39, 0.29) is 11.9 Å². The highest BCUT2D eigenvalue weighted by Crippen LogP contribution is 2.20. The summed E-state index contributed by atoms with van der Waals surface area (Å²) in [6, 6.07) is 9.48. The molecule has 0 aliphatic carbocycles. The first-order chi connectivity index (χ1) is 7.60. The highest BCUT2D eigenvalue weighted by atomic mass is 16.2. The van der Waals surface area contributed by atoms with E-state index in [1.807, 2.05) is 26.0 Å². The Kier molecular flexibility index (Phi) is 4.07. The lowest BCUT2D eigenvalue weighted by atomic mass is 10.1. The molecular formula is C13H16N2O. The molecule has 3 nitrogen and oxygen atoms in total. The summed E-state index contributed by atoms with van der Waals surface area (Å²) in [7, 11) is 0. The van der Waals surface area contributed by atoms with Gasteiger partial charge in [0.2, 0.25) is 5.91 Å². The molecule has 0 saturated heterocycles. The SMILES string of the molecule is CCN(C(C)=O)C(C)c1ccc(C#N)cc1. The summed E-state index contributed by atoms with van der Waals surface area (Å²) < 4.78 is 0. The molecule has 3 heteroatoms. The molecule has 16 heavy (non-hydrogen) atoms. The fourth-order valence-electron chi connectivity index (χ4n) is 1.79. The minimum Gasteiger partial charge on any atom is -0.336 e. The summed E-state index contributed by atoms with van der Waals surface area (Å²) >= 11 is 0. The van der Waals surface area contributed by atoms with Gasteiger partial charge in [-0.2, -0.15) is 5.26 Å². The predicted molar refractivity (Wildman–Crippen MR) is 62.6 cm³/mol. The monoisotopic (exact) mass is 216 g/mol. The van der Waals surface area contributed by atoms with Gasteiger partial charge in [0.1, 0.15) is 0 Å². The van der Waals surface area contributed by atoms with Crippen molar-refractivity contribution in [1.29, 1.82) is 5.26 Å². The molecule has 0 aliphatic rings. The summed E-state index contributed by atoms with van der Waals surface area (Å²) in [6.07, 6.45) is 0. The number of rotatable bonds is 3. The maximum absolute atomic E-state index is 11.4. The lowest BCUT2D eigenvalue weighted by molar-refractivity contribution is -0.130. The highest BCUT2D eigenvalue weighted by molar-refractivity contribution is 5.73. The molecule has 1 rings (SSSR count). The Balaban J connectivity index is 2.91. The topological polar surface area (TPSA) is 44.1 Å². The van der Waals surface area contributed by atoms with Crippen LogP contribution in [-0.2, 0) is 4.79 Å². The van der Waals surface area contributed by atoms with Crippen molar-refractivity contribution in [3.63, 3.8) is 0 Å². The molecule has 1 amide bonds. The van der Waals surface area contributed by atoms with Crippen molar-refractivity contribution in [3.05, 3.63) is 35.4 Å². The van der Waals surface area contributed by atoms with Gasteiger partial charge in [-0.25, -0.2) is 0 Å². The van der Waals surface area contributed by atoms with E-state index in [2.05, 4.69) is 6.07 Å². The van der Waals surface area contributed by atoms with Crippen molar-refractivity contribution in [3.8, 4) is 6.07 Å². The van der Waals surface area contributed by atoms with Crippen molar-refractivity contribution in [2.24, 2.45) is 0 Å². The number of benzene rings is 1. The third kappa shape index (κ3) is 2.60. The molecular weight excluding hydrogens is 200 g/mol. The maximum Gasteiger partial charge on any atom is 0.219 e. The van der Waals surface area contributed by atoms with E-state index in [0.717, 1.165) is 5.56 Å². The lowest BCUT2D eigenvalue weighted by Gasteiger charge is -2.27. The fraction of sp³-hybridized carbons (Fsp3) is 0.385. The van der Waals surface area contributed by atoms with Crippen molar-refractivity contribution < 1.29 is 4.79 Å². The molecule has 0 heterocycles. The van der Waals surface area contributed by atoms with Crippen LogP contribution in [0.5, 0.6) is 0 Å². The average molecular weight is 216 g/mol. The van der Waals surface area contributed by atoms with E-state index >= 15 is 0 Å². The van der Waals surface area contributed by atoms with Crippen LogP contribution in [0.3, 0.4) is 0 Å². The van der Waals surface area contributed by atoms with Crippen LogP contribution in [0.1, 0.15) is 37.9 Å². The smallest absolute Gasteiger partial charge is 0.219 e. The van der Waals surface area contributed by atoms with Gasteiger partial charge in [-0.05, 0) is 31.5 Å². The second kappa shape index (κ2) is 5.32. The Morgan fingerprint density at radius 1 is 1.44 bits per heavy atom. The van der Waals surface area contributed by atoms with E-state index in [1.165, 1.54) is 0 Å². The standard InChI is InChI=1S/C13H16N2O/c1-4-15(11(3)16)10(2)13-7-5-12(9-14)6-8-13/h5-8,10H,4H2,1-3H3. The van der Waals surface area contributed by atoms with Crippen molar-refractivity contribution >= 4 is 5.91 Å². The number of carbonyl (C=O) groups is 1. The van der Waals surface area contributed by atoms with Gasteiger partial charge < -0.3 is 4.90 Å². The van der Waals surface area contributed by atoms with E-state index < -0.39 is 0 Å². The number of nitrogens with zero attached hydrogens (tertiary/aromatic N) is 2. The van der Waals surface area contributed by atoms with Crippen LogP contribution < -0.4 is 0 Å². The van der Waals surface area contributed by atoms with E-state index in [1.54, 1.807) is 24.0 Å². The fourth-order valence-corrected chi connectivity index (χ4v) is 1.79. The molecule has 0 spiro atoms. The van der Waals surface area contributed by atoms with Crippen molar-refractivity contribution in [2.45, 2.75) is 26.8 Å². The molecule has 0 aromatic heterocycles. The van der Waals surface area contributed by atoms with Gasteiger partial charge in [0.15, 0.2) is 0 Å². The van der Waals surface area contributed by atoms with Gasteiger partial charge >= 0.3 is 0 Å². The summed E-state index contributed by atoms with van der Waals surface area (Å²) in [5, 5.41) is 8.70. The first-order valence-corrected chi connectivity index (χ1v) is 5.37. The zero-order valence-corrected chi connectivity index (χ0v) is 9.90. The normalized spacial score (nSPS) is 11.6. The quantitative estimate of drug-likeness (QED) is 0.779. The van der Waals surface area contributed by atoms with Gasteiger partial charge in [0.05, 0.1) is 17.7 Å². The van der Waals surface area contributed by atoms with Crippen LogP contribution in [0.25, 0.3) is 0 Å². The van der Waals surface area contributed by atoms with Crippen LogP contribution in [0.4, 0.5) is 0 Å². The summed E-state index contributed by atoms with van der Waals surface area (Å²) in [4.78, 5) is 13.2. The van der Waals surface area contributed by atoms with Crippen LogP contribution in [-0.4, -0.2) is 17.4 Å². The number of hydrogen-bond acceptors (Lipinski definition) is 2. The van der Waals surface area contributed by atoms with Crippen LogP contribution in [0.15, 0.2) is 24.3 Å². The second-order valence-corrected chi connectivity index (χ2v) is 3.71. The lowest BCUT2D eigenvalue weighted by Crippen LogP contribution is -2.31. The Morgan fingerprint density at radius 3 is 2.38 bits per heavy atom. The number of hydrogen-bond donors (Lipinski definition) is 0. The van der Waals surface area contributed by atoms with E-state index in [0.29, 0.717) is 12.1 Å². The molecule has 1 aromatic rings. The van der Waals surface area contributed by atoms with Crippen molar-refractivity contribution in [2.75, 3.05) is 6.54 Å². The van der Waals surface area contributed by atoms with Gasteiger partial charge in [0.25, 0.3) is 0 Å². The van der Waals surface area contributed by atoms with E-state index in [4.69, 9.17) is 5.26 Å². The van der Waals surface area contributed by atoms with Crippen molar-refractivity contribution in [1.82, 2.24) is 4.90 Å². The maximum atomic E-state index is 11.4. The minimum absolute atomic E-state index is 0.0512. The van der Waals surface area contributed by atoms with Crippen LogP contribution in [0.2, 0.25) is 0 Å². The zero-order valence-electron chi connectivity index (χ0n) is 9.90. The number of amides is 1. The molecule has 0 fully saturated rings. The zero-order chi connectivity index (χ0) is 12.1. The average Bonchev–Trinajstić information content (AvgIpc) is 2.29. The van der Waals surface area contributed by atoms with E-state index in [9.17, 15) is 4.79 Å². The highest BCUT2D eigenvalue weighted by Gasteiger charge is 2.16. The summed E-state index contributed by atoms with van der Waals surface area (Å²) in [5.41, 5.74) is 1.69. The third-order valence-corrected chi connectivity index (χ3v) is 2.73. The first kappa shape index (κ1) is 12.3. The van der Waals surface area contributed by atoms with Crippen LogP contribution >= 0.6 is 0 Å². The Hall–Kier alpha value is -1.82. The summed E-state index contributed by atoms with van der Waals surface area (Å²) in [5.74, 6) is 0.0689. The minimum atomic E-state index is 0.0512. The molecule has 1 unspecified atom stereocenters. The molecule has 0 saturated carbocycles. The molecule has 0 radical (unpaired) electrons.